The molecule has 1 aliphatic heterocycles. The molecule has 0 unspecified atom stereocenters. The fraction of sp³-hybridized carbons (Fsp3) is 0.111. The minimum Gasteiger partial charge on any atom is -0.166 e. The zero-order chi connectivity index (χ0) is 15.7. The van der Waals surface area contributed by atoms with Crippen LogP contribution in [0, 0.1) is 6.92 Å². The van der Waals surface area contributed by atoms with E-state index >= 15 is 0 Å². The van der Waals surface area contributed by atoms with E-state index in [9.17, 15) is 13.2 Å². The molecule has 4 heteroatoms. The van der Waals surface area contributed by atoms with Gasteiger partial charge in [-0.1, -0.05) is 65.9 Å². The predicted octanol–water partition coefficient (Wildman–Crippen LogP) is 6.14. The zero-order valence-corrected chi connectivity index (χ0v) is 12.6. The Bertz CT molecular complexity index is 770. The summed E-state index contributed by atoms with van der Waals surface area (Å²) in [6.45, 7) is 1.96. The van der Waals surface area contributed by atoms with Crippen LogP contribution in [0.5, 0.6) is 0 Å². The van der Waals surface area contributed by atoms with Gasteiger partial charge in [-0.05, 0) is 35.8 Å². The van der Waals surface area contributed by atoms with Crippen molar-refractivity contribution in [1.82, 2.24) is 0 Å². The molecule has 0 radical (unpaired) electrons. The van der Waals surface area contributed by atoms with E-state index in [-0.39, 0.29) is 0 Å². The lowest BCUT2D eigenvalue weighted by molar-refractivity contribution is -0.0827. The second-order valence-corrected chi connectivity index (χ2v) is 6.20. The normalized spacial score (nSPS) is 16.4. The highest BCUT2D eigenvalue weighted by atomic mass is 32.2. The lowest BCUT2D eigenvalue weighted by atomic mass is 10.0. The van der Waals surface area contributed by atoms with Gasteiger partial charge in [-0.3, -0.25) is 0 Å². The van der Waals surface area contributed by atoms with Gasteiger partial charge in [0.05, 0.1) is 4.91 Å². The SMILES string of the molecule is Cc1cccc(/C=C2\SC(C(F)(F)F)=Cc3ccccc32)c1. The van der Waals surface area contributed by atoms with Gasteiger partial charge in [-0.15, -0.1) is 0 Å². The molecule has 0 bridgehead atoms. The van der Waals surface area contributed by atoms with Gasteiger partial charge in [0.25, 0.3) is 0 Å². The van der Waals surface area contributed by atoms with Crippen molar-refractivity contribution in [2.45, 2.75) is 13.1 Å². The first kappa shape index (κ1) is 15.0. The van der Waals surface area contributed by atoms with Gasteiger partial charge in [0.2, 0.25) is 0 Å². The van der Waals surface area contributed by atoms with E-state index < -0.39 is 11.1 Å². The highest BCUT2D eigenvalue weighted by Crippen LogP contribution is 2.48. The molecule has 0 amide bonds. The van der Waals surface area contributed by atoms with Crippen molar-refractivity contribution in [3.63, 3.8) is 0 Å². The fourth-order valence-electron chi connectivity index (χ4n) is 2.35. The standard InChI is InChI=1S/C18H13F3S/c1-12-5-4-6-13(9-12)10-16-15-8-3-2-7-14(15)11-17(22-16)18(19,20)21/h2-11H,1H3/b16-10-. The van der Waals surface area contributed by atoms with Gasteiger partial charge in [0.15, 0.2) is 0 Å². The Morgan fingerprint density at radius 1 is 1.00 bits per heavy atom. The number of allylic oxidation sites excluding steroid dienone is 1. The maximum atomic E-state index is 13.1. The Morgan fingerprint density at radius 3 is 2.50 bits per heavy atom. The minimum absolute atomic E-state index is 0.579. The zero-order valence-electron chi connectivity index (χ0n) is 11.8. The lowest BCUT2D eigenvalue weighted by Crippen LogP contribution is -2.11. The highest BCUT2D eigenvalue weighted by Gasteiger charge is 2.37. The Morgan fingerprint density at radius 2 is 1.77 bits per heavy atom. The van der Waals surface area contributed by atoms with E-state index in [4.69, 9.17) is 0 Å². The first-order chi connectivity index (χ1) is 10.4. The number of rotatable bonds is 1. The number of thioether (sulfide) groups is 1. The van der Waals surface area contributed by atoms with Crippen LogP contribution in [0.2, 0.25) is 0 Å². The molecule has 22 heavy (non-hydrogen) atoms. The number of hydrogen-bond acceptors (Lipinski definition) is 1. The Balaban J connectivity index is 2.11. The summed E-state index contributed by atoms with van der Waals surface area (Å²) in [6, 6.07) is 14.9. The van der Waals surface area contributed by atoms with Gasteiger partial charge in [0, 0.05) is 4.91 Å². The van der Waals surface area contributed by atoms with Crippen LogP contribution in [0.1, 0.15) is 22.3 Å². The van der Waals surface area contributed by atoms with Gasteiger partial charge >= 0.3 is 6.18 Å². The summed E-state index contributed by atoms with van der Waals surface area (Å²) in [6.07, 6.45) is -1.30. The van der Waals surface area contributed by atoms with E-state index in [1.54, 1.807) is 12.1 Å². The summed E-state index contributed by atoms with van der Waals surface area (Å²) in [7, 11) is 0. The van der Waals surface area contributed by atoms with Crippen molar-refractivity contribution in [1.29, 1.82) is 0 Å². The summed E-state index contributed by atoms with van der Waals surface area (Å²) >= 11 is 0.779. The molecule has 0 aliphatic carbocycles. The van der Waals surface area contributed by atoms with Crippen molar-refractivity contribution >= 4 is 28.8 Å². The molecule has 3 rings (SSSR count). The molecule has 0 aromatic heterocycles. The van der Waals surface area contributed by atoms with Crippen LogP contribution < -0.4 is 0 Å². The van der Waals surface area contributed by atoms with E-state index in [0.717, 1.165) is 28.5 Å². The summed E-state index contributed by atoms with van der Waals surface area (Å²) in [4.78, 5) is 0.0427. The third-order valence-corrected chi connectivity index (χ3v) is 4.48. The minimum atomic E-state index is -4.33. The summed E-state index contributed by atoms with van der Waals surface area (Å²) in [5, 5.41) is 0. The molecule has 2 aromatic rings. The molecule has 0 saturated heterocycles. The number of alkyl halides is 3. The molecule has 0 nitrogen and oxygen atoms in total. The maximum Gasteiger partial charge on any atom is 0.422 e. The lowest BCUT2D eigenvalue weighted by Gasteiger charge is -2.20. The summed E-state index contributed by atoms with van der Waals surface area (Å²) < 4.78 is 39.3. The molecular weight excluding hydrogens is 305 g/mol. The molecule has 0 fully saturated rings. The molecule has 1 aliphatic rings. The number of aryl methyl sites for hydroxylation is 1. The Labute approximate surface area is 131 Å². The maximum absolute atomic E-state index is 13.1. The Kier molecular flexibility index (Phi) is 3.87. The van der Waals surface area contributed by atoms with Crippen molar-refractivity contribution < 1.29 is 13.2 Å². The van der Waals surface area contributed by atoms with Crippen molar-refractivity contribution in [3.05, 3.63) is 75.7 Å². The fourth-order valence-corrected chi connectivity index (χ4v) is 3.38. The average molecular weight is 318 g/mol. The predicted molar refractivity (Wildman–Crippen MR) is 87.1 cm³/mol. The van der Waals surface area contributed by atoms with Crippen LogP contribution in [0.4, 0.5) is 13.2 Å². The Hall–Kier alpha value is -1.94. The van der Waals surface area contributed by atoms with E-state index in [0.29, 0.717) is 10.5 Å². The number of hydrogen-bond donors (Lipinski definition) is 0. The molecular formula is C18H13F3S. The number of halogens is 3. The van der Waals surface area contributed by atoms with E-state index in [2.05, 4.69) is 0 Å². The molecule has 2 aromatic carbocycles. The van der Waals surface area contributed by atoms with Gasteiger partial charge in [0.1, 0.15) is 0 Å². The second kappa shape index (κ2) is 5.69. The van der Waals surface area contributed by atoms with Gasteiger partial charge in [-0.25, -0.2) is 0 Å². The first-order valence-corrected chi connectivity index (χ1v) is 7.60. The monoisotopic (exact) mass is 318 g/mol. The largest absolute Gasteiger partial charge is 0.422 e. The molecule has 0 spiro atoms. The quantitative estimate of drug-likeness (QED) is 0.608. The first-order valence-electron chi connectivity index (χ1n) is 6.78. The van der Waals surface area contributed by atoms with Crippen LogP contribution >= 0.6 is 11.8 Å². The highest BCUT2D eigenvalue weighted by molar-refractivity contribution is 8.12. The average Bonchev–Trinajstić information content (AvgIpc) is 2.46. The van der Waals surface area contributed by atoms with Crippen LogP contribution in [-0.2, 0) is 0 Å². The van der Waals surface area contributed by atoms with Crippen LogP contribution in [0.3, 0.4) is 0 Å². The van der Waals surface area contributed by atoms with Crippen molar-refractivity contribution in [2.24, 2.45) is 0 Å². The van der Waals surface area contributed by atoms with E-state index in [1.165, 1.54) is 6.08 Å². The third kappa shape index (κ3) is 3.12. The molecule has 112 valence electrons. The number of benzene rings is 2. The van der Waals surface area contributed by atoms with Crippen LogP contribution in [-0.4, -0.2) is 6.18 Å². The molecule has 0 saturated carbocycles. The summed E-state index contributed by atoms with van der Waals surface area (Å²) in [5.74, 6) is 0. The third-order valence-electron chi connectivity index (χ3n) is 3.35. The van der Waals surface area contributed by atoms with Gasteiger partial charge in [-0.2, -0.15) is 13.2 Å². The van der Waals surface area contributed by atoms with Crippen LogP contribution in [0.15, 0.2) is 53.4 Å². The van der Waals surface area contributed by atoms with E-state index in [1.807, 2.05) is 49.4 Å². The second-order valence-electron chi connectivity index (χ2n) is 5.12. The van der Waals surface area contributed by atoms with Crippen molar-refractivity contribution in [2.75, 3.05) is 0 Å². The van der Waals surface area contributed by atoms with Crippen LogP contribution in [0.25, 0.3) is 17.1 Å². The molecule has 0 atom stereocenters. The topological polar surface area (TPSA) is 0 Å². The summed E-state index contributed by atoms with van der Waals surface area (Å²) in [5.41, 5.74) is 3.42. The smallest absolute Gasteiger partial charge is 0.166 e. The molecule has 1 heterocycles. The van der Waals surface area contributed by atoms with Crippen molar-refractivity contribution in [3.8, 4) is 0 Å². The number of fused-ring (bicyclic) bond motifs is 1. The van der Waals surface area contributed by atoms with Gasteiger partial charge < -0.3 is 0 Å². The molecule has 0 N–H and O–H groups in total.